The standard InChI is InChI=1S/C13H19F3N2O/c1-9(19)8-18(3)12-5-4-10(7-17-2)6-11(12)13(14,15)16/h4-6,9,17,19H,7-8H2,1-3H3. The molecule has 19 heavy (non-hydrogen) atoms. The molecule has 0 saturated heterocycles. The molecule has 0 fully saturated rings. The minimum absolute atomic E-state index is 0.0771. The van der Waals surface area contributed by atoms with Crippen molar-refractivity contribution in [2.45, 2.75) is 25.7 Å². The predicted octanol–water partition coefficient (Wildman–Crippen LogP) is 2.24. The van der Waals surface area contributed by atoms with Crippen LogP contribution in [0, 0.1) is 0 Å². The Morgan fingerprint density at radius 3 is 2.47 bits per heavy atom. The van der Waals surface area contributed by atoms with Crippen LogP contribution < -0.4 is 10.2 Å². The van der Waals surface area contributed by atoms with Gasteiger partial charge in [-0.25, -0.2) is 0 Å². The first-order valence-electron chi connectivity index (χ1n) is 5.99. The molecular weight excluding hydrogens is 257 g/mol. The lowest BCUT2D eigenvalue weighted by atomic mass is 10.1. The second-order valence-electron chi connectivity index (χ2n) is 4.61. The highest BCUT2D eigenvalue weighted by atomic mass is 19.4. The van der Waals surface area contributed by atoms with Crippen LogP contribution in [0.3, 0.4) is 0 Å². The van der Waals surface area contributed by atoms with E-state index in [1.54, 1.807) is 20.0 Å². The molecule has 0 aliphatic carbocycles. The van der Waals surface area contributed by atoms with Crippen molar-refractivity contribution in [3.8, 4) is 0 Å². The number of alkyl halides is 3. The van der Waals surface area contributed by atoms with Crippen LogP contribution in [0.1, 0.15) is 18.1 Å². The van der Waals surface area contributed by atoms with Crippen molar-refractivity contribution in [1.82, 2.24) is 5.32 Å². The number of rotatable bonds is 5. The highest BCUT2D eigenvalue weighted by Crippen LogP contribution is 2.37. The van der Waals surface area contributed by atoms with E-state index in [-0.39, 0.29) is 12.2 Å². The van der Waals surface area contributed by atoms with E-state index in [4.69, 9.17) is 0 Å². The van der Waals surface area contributed by atoms with E-state index in [0.29, 0.717) is 12.1 Å². The average molecular weight is 276 g/mol. The maximum Gasteiger partial charge on any atom is 0.418 e. The molecule has 1 atom stereocenters. The van der Waals surface area contributed by atoms with Crippen molar-refractivity contribution < 1.29 is 18.3 Å². The largest absolute Gasteiger partial charge is 0.418 e. The third-order valence-electron chi connectivity index (χ3n) is 2.70. The first-order chi connectivity index (χ1) is 8.75. The van der Waals surface area contributed by atoms with Gasteiger partial charge >= 0.3 is 6.18 Å². The molecule has 0 aromatic heterocycles. The van der Waals surface area contributed by atoms with Gasteiger partial charge in [0, 0.05) is 25.8 Å². The van der Waals surface area contributed by atoms with Gasteiger partial charge in [0.2, 0.25) is 0 Å². The van der Waals surface area contributed by atoms with Crippen LogP contribution in [0.2, 0.25) is 0 Å². The van der Waals surface area contributed by atoms with Crippen LogP contribution in [0.5, 0.6) is 0 Å². The molecule has 0 radical (unpaired) electrons. The summed E-state index contributed by atoms with van der Waals surface area (Å²) in [5, 5.41) is 12.1. The molecule has 0 saturated carbocycles. The quantitative estimate of drug-likeness (QED) is 0.866. The maximum atomic E-state index is 13.1. The first kappa shape index (κ1) is 15.8. The van der Waals surface area contributed by atoms with Gasteiger partial charge in [-0.15, -0.1) is 0 Å². The Morgan fingerprint density at radius 1 is 1.37 bits per heavy atom. The molecule has 108 valence electrons. The molecule has 0 aliphatic heterocycles. The van der Waals surface area contributed by atoms with Crippen molar-refractivity contribution in [3.63, 3.8) is 0 Å². The number of hydrogen-bond donors (Lipinski definition) is 2. The number of hydrogen-bond acceptors (Lipinski definition) is 3. The van der Waals surface area contributed by atoms with Gasteiger partial charge in [0.25, 0.3) is 0 Å². The average Bonchev–Trinajstić information content (AvgIpc) is 2.27. The Labute approximate surface area is 111 Å². The van der Waals surface area contributed by atoms with E-state index in [1.165, 1.54) is 18.0 Å². The molecule has 0 spiro atoms. The van der Waals surface area contributed by atoms with E-state index < -0.39 is 17.8 Å². The molecular formula is C13H19F3N2O. The molecule has 0 heterocycles. The van der Waals surface area contributed by atoms with Crippen LogP contribution in [-0.2, 0) is 12.7 Å². The summed E-state index contributed by atoms with van der Waals surface area (Å²) in [6.45, 7) is 2.07. The summed E-state index contributed by atoms with van der Waals surface area (Å²) in [7, 11) is 3.22. The van der Waals surface area contributed by atoms with Crippen LogP contribution in [-0.4, -0.2) is 31.9 Å². The Morgan fingerprint density at radius 2 is 2.00 bits per heavy atom. The van der Waals surface area contributed by atoms with Gasteiger partial charge in [0.15, 0.2) is 0 Å². The zero-order chi connectivity index (χ0) is 14.6. The number of benzene rings is 1. The Hall–Kier alpha value is -1.27. The third-order valence-corrected chi connectivity index (χ3v) is 2.70. The van der Waals surface area contributed by atoms with Crippen LogP contribution in [0.4, 0.5) is 18.9 Å². The normalized spacial score (nSPS) is 13.4. The SMILES string of the molecule is CNCc1ccc(N(C)CC(C)O)c(C(F)(F)F)c1. The summed E-state index contributed by atoms with van der Waals surface area (Å²) < 4.78 is 39.2. The van der Waals surface area contributed by atoms with E-state index in [1.807, 2.05) is 0 Å². The molecule has 1 aromatic carbocycles. The van der Waals surface area contributed by atoms with Gasteiger partial charge in [0.05, 0.1) is 11.7 Å². The topological polar surface area (TPSA) is 35.5 Å². The van der Waals surface area contributed by atoms with Gasteiger partial charge in [-0.3, -0.25) is 0 Å². The fourth-order valence-electron chi connectivity index (χ4n) is 1.95. The summed E-state index contributed by atoms with van der Waals surface area (Å²) >= 11 is 0. The van der Waals surface area contributed by atoms with Crippen molar-refractivity contribution >= 4 is 5.69 Å². The fourth-order valence-corrected chi connectivity index (χ4v) is 1.95. The van der Waals surface area contributed by atoms with Crippen molar-refractivity contribution in [2.24, 2.45) is 0 Å². The molecule has 6 heteroatoms. The van der Waals surface area contributed by atoms with E-state index in [9.17, 15) is 18.3 Å². The van der Waals surface area contributed by atoms with Gasteiger partial charge in [-0.05, 0) is 31.7 Å². The van der Waals surface area contributed by atoms with Gasteiger partial charge in [-0.1, -0.05) is 6.07 Å². The van der Waals surface area contributed by atoms with Crippen molar-refractivity contribution in [3.05, 3.63) is 29.3 Å². The van der Waals surface area contributed by atoms with Gasteiger partial charge in [0.1, 0.15) is 0 Å². The predicted molar refractivity (Wildman–Crippen MR) is 69.2 cm³/mol. The third kappa shape index (κ3) is 4.40. The van der Waals surface area contributed by atoms with Crippen molar-refractivity contribution in [2.75, 3.05) is 25.5 Å². The number of aliphatic hydroxyl groups is 1. The zero-order valence-electron chi connectivity index (χ0n) is 11.3. The summed E-state index contributed by atoms with van der Waals surface area (Å²) in [6, 6.07) is 4.24. The molecule has 1 rings (SSSR count). The summed E-state index contributed by atoms with van der Waals surface area (Å²) in [6.07, 6.45) is -5.10. The number of nitrogens with one attached hydrogen (secondary N) is 1. The summed E-state index contributed by atoms with van der Waals surface area (Å²) in [5.41, 5.74) is -0.0272. The summed E-state index contributed by atoms with van der Waals surface area (Å²) in [4.78, 5) is 1.41. The first-order valence-corrected chi connectivity index (χ1v) is 5.99. The number of likely N-dealkylation sites (N-methyl/N-ethyl adjacent to an activating group) is 1. The second kappa shape index (κ2) is 6.25. The molecule has 0 aliphatic rings. The number of nitrogens with zero attached hydrogens (tertiary/aromatic N) is 1. The Bertz CT molecular complexity index is 419. The van der Waals surface area contributed by atoms with Crippen LogP contribution in [0.25, 0.3) is 0 Å². The lowest BCUT2D eigenvalue weighted by Gasteiger charge is -2.25. The monoisotopic (exact) mass is 276 g/mol. The fraction of sp³-hybridized carbons (Fsp3) is 0.538. The number of halogens is 3. The highest BCUT2D eigenvalue weighted by Gasteiger charge is 2.34. The molecule has 1 unspecified atom stereocenters. The maximum absolute atomic E-state index is 13.1. The smallest absolute Gasteiger partial charge is 0.392 e. The van der Waals surface area contributed by atoms with Crippen LogP contribution in [0.15, 0.2) is 18.2 Å². The minimum Gasteiger partial charge on any atom is -0.392 e. The van der Waals surface area contributed by atoms with Gasteiger partial charge < -0.3 is 15.3 Å². The lowest BCUT2D eigenvalue weighted by molar-refractivity contribution is -0.137. The Kier molecular flexibility index (Phi) is 5.20. The molecule has 0 amide bonds. The molecule has 3 nitrogen and oxygen atoms in total. The lowest BCUT2D eigenvalue weighted by Crippen LogP contribution is -2.29. The number of aliphatic hydroxyl groups excluding tert-OH is 1. The minimum atomic E-state index is -4.41. The highest BCUT2D eigenvalue weighted by molar-refractivity contribution is 5.56. The van der Waals surface area contributed by atoms with E-state index in [2.05, 4.69) is 5.32 Å². The summed E-state index contributed by atoms with van der Waals surface area (Å²) in [5.74, 6) is 0. The van der Waals surface area contributed by atoms with Crippen LogP contribution >= 0.6 is 0 Å². The molecule has 0 bridgehead atoms. The number of anilines is 1. The molecule has 1 aromatic rings. The molecule has 2 N–H and O–H groups in total. The van der Waals surface area contributed by atoms with E-state index >= 15 is 0 Å². The second-order valence-corrected chi connectivity index (χ2v) is 4.61. The Balaban J connectivity index is 3.16. The van der Waals surface area contributed by atoms with Gasteiger partial charge in [-0.2, -0.15) is 13.2 Å². The van der Waals surface area contributed by atoms with Crippen molar-refractivity contribution in [1.29, 1.82) is 0 Å². The van der Waals surface area contributed by atoms with E-state index in [0.717, 1.165) is 6.07 Å². The zero-order valence-corrected chi connectivity index (χ0v) is 11.3.